The van der Waals surface area contributed by atoms with Crippen LogP contribution in [0, 0.1) is 5.21 Å². The van der Waals surface area contributed by atoms with Gasteiger partial charge in [-0.2, -0.15) is 34.0 Å². The normalized spacial score (nSPS) is 17.9. The van der Waals surface area contributed by atoms with E-state index in [0.29, 0.717) is 22.0 Å². The van der Waals surface area contributed by atoms with Gasteiger partial charge in [0.2, 0.25) is 10.0 Å². The number of thioether (sulfide) groups is 1. The lowest BCUT2D eigenvalue weighted by Crippen LogP contribution is -2.59. The molecule has 1 fully saturated rings. The van der Waals surface area contributed by atoms with Crippen molar-refractivity contribution in [1.29, 1.82) is 0 Å². The number of benzene rings is 1. The number of ether oxygens (including phenoxy) is 2. The number of rotatable bonds is 5. The first kappa shape index (κ1) is 32.2. The van der Waals surface area contributed by atoms with E-state index in [1.54, 1.807) is 32.5 Å². The monoisotopic (exact) mass is 594 g/mol. The van der Waals surface area contributed by atoms with E-state index in [4.69, 9.17) is 19.4 Å². The summed E-state index contributed by atoms with van der Waals surface area (Å²) < 4.78 is 71.2. The maximum atomic E-state index is 13.5. The van der Waals surface area contributed by atoms with E-state index in [2.05, 4.69) is 0 Å². The van der Waals surface area contributed by atoms with Crippen LogP contribution in [-0.4, -0.2) is 64.6 Å². The summed E-state index contributed by atoms with van der Waals surface area (Å²) >= 11 is 1.55. The van der Waals surface area contributed by atoms with Crippen molar-refractivity contribution in [2.45, 2.75) is 62.1 Å². The number of hydrogen-bond acceptors (Lipinski definition) is 8. The van der Waals surface area contributed by atoms with Gasteiger partial charge in [-0.3, -0.25) is 4.79 Å². The third-order valence-electron chi connectivity index (χ3n) is 5.04. The predicted molar refractivity (Wildman–Crippen MR) is 136 cm³/mol. The Morgan fingerprint density at radius 3 is 2.03 bits per heavy atom. The van der Waals surface area contributed by atoms with Crippen LogP contribution in [0.5, 0.6) is 11.5 Å². The van der Waals surface area contributed by atoms with E-state index in [1.807, 2.05) is 13.8 Å². The fourth-order valence-corrected chi connectivity index (χ4v) is 6.48. The molecule has 216 valence electrons. The van der Waals surface area contributed by atoms with Crippen molar-refractivity contribution in [1.82, 2.24) is 4.31 Å². The number of hydrogen-bond donors (Lipinski definition) is 1. The molecule has 0 spiro atoms. The van der Waals surface area contributed by atoms with Gasteiger partial charge in [-0.15, -0.1) is 0 Å². The highest BCUT2D eigenvalue weighted by atomic mass is 32.2. The first-order chi connectivity index (χ1) is 17.7. The second-order valence-corrected chi connectivity index (χ2v) is 13.4. The SMILES string of the molecule is CC(C)(C)OC(=O)[C@@H]1N(S(=O)(=O)c2ccc(Oc3cc[n+]([O-])cc3)cc2)CCSC1(C)C.O=C(O)C(F)(F)F. The molecule has 1 atom stereocenters. The van der Waals surface area contributed by atoms with Crippen molar-refractivity contribution < 1.29 is 50.5 Å². The van der Waals surface area contributed by atoms with Crippen LogP contribution < -0.4 is 9.47 Å². The molecule has 0 saturated carbocycles. The zero-order chi connectivity index (χ0) is 29.8. The maximum absolute atomic E-state index is 13.5. The molecule has 0 unspecified atom stereocenters. The Hall–Kier alpha value is -3.04. The molecule has 1 saturated heterocycles. The minimum atomic E-state index is -5.08. The molecular weight excluding hydrogens is 565 g/mol. The summed E-state index contributed by atoms with van der Waals surface area (Å²) in [5.41, 5.74) is -0.730. The third kappa shape index (κ3) is 9.00. The first-order valence-electron chi connectivity index (χ1n) is 11.4. The Kier molecular flexibility index (Phi) is 9.90. The van der Waals surface area contributed by atoms with Crippen molar-refractivity contribution in [2.24, 2.45) is 0 Å². The number of carbonyl (C=O) groups excluding carboxylic acids is 1. The lowest BCUT2D eigenvalue weighted by atomic mass is 10.0. The molecular formula is C24H29F3N2O8S2. The number of carboxylic acid groups (broad SMARTS) is 1. The first-order valence-corrected chi connectivity index (χ1v) is 13.8. The topological polar surface area (TPSA) is 137 Å². The highest BCUT2D eigenvalue weighted by Crippen LogP contribution is 2.39. The van der Waals surface area contributed by atoms with Crippen LogP contribution in [0.3, 0.4) is 0 Å². The van der Waals surface area contributed by atoms with Gasteiger partial charge in [-0.05, 0) is 58.9 Å². The summed E-state index contributed by atoms with van der Waals surface area (Å²) in [5.74, 6) is -1.87. The zero-order valence-electron chi connectivity index (χ0n) is 21.8. The largest absolute Gasteiger partial charge is 0.619 e. The van der Waals surface area contributed by atoms with Gasteiger partial charge in [0.1, 0.15) is 23.1 Å². The summed E-state index contributed by atoms with van der Waals surface area (Å²) in [6.45, 7) is 9.20. The Morgan fingerprint density at radius 2 is 1.56 bits per heavy atom. The third-order valence-corrected chi connectivity index (χ3v) is 8.27. The van der Waals surface area contributed by atoms with Gasteiger partial charge >= 0.3 is 18.1 Å². The Morgan fingerprint density at radius 1 is 1.08 bits per heavy atom. The number of esters is 1. The van der Waals surface area contributed by atoms with Gasteiger partial charge in [-0.25, -0.2) is 13.2 Å². The van der Waals surface area contributed by atoms with E-state index in [9.17, 15) is 31.6 Å². The highest BCUT2D eigenvalue weighted by molar-refractivity contribution is 8.00. The van der Waals surface area contributed by atoms with Crippen molar-refractivity contribution in [3.05, 3.63) is 54.0 Å². The van der Waals surface area contributed by atoms with Crippen LogP contribution in [0.25, 0.3) is 0 Å². The zero-order valence-corrected chi connectivity index (χ0v) is 23.4. The summed E-state index contributed by atoms with van der Waals surface area (Å²) in [6, 6.07) is 8.04. The molecule has 2 aromatic rings. The lowest BCUT2D eigenvalue weighted by molar-refractivity contribution is -0.605. The standard InChI is InChI=1S/C22H28N2O6S2.C2HF3O2/c1-21(2,3)30-20(25)19-22(4,5)31-15-14-24(19)32(27,28)18-8-6-16(7-9-18)29-17-10-12-23(26)13-11-17;3-2(4,5)1(6)7/h6-13,19H,14-15H2,1-5H3;(H,6,7)/t19-;/m0./s1. The number of aliphatic carboxylic acids is 1. The molecule has 1 aromatic heterocycles. The van der Waals surface area contributed by atoms with Crippen LogP contribution >= 0.6 is 11.8 Å². The van der Waals surface area contributed by atoms with Gasteiger partial charge in [-0.1, -0.05) is 0 Å². The summed E-state index contributed by atoms with van der Waals surface area (Å²) in [7, 11) is -3.96. The van der Waals surface area contributed by atoms with Gasteiger partial charge in [0.05, 0.1) is 4.90 Å². The van der Waals surface area contributed by atoms with E-state index < -0.39 is 44.5 Å². The molecule has 2 heterocycles. The van der Waals surface area contributed by atoms with E-state index in [-0.39, 0.29) is 11.4 Å². The number of aromatic nitrogens is 1. The number of nitrogens with zero attached hydrogens (tertiary/aromatic N) is 2. The van der Waals surface area contributed by atoms with Crippen LogP contribution in [-0.2, 0) is 24.3 Å². The van der Waals surface area contributed by atoms with Crippen molar-refractivity contribution >= 4 is 33.7 Å². The number of pyridine rings is 1. The highest BCUT2D eigenvalue weighted by Gasteiger charge is 2.49. The number of carboxylic acids is 1. The van der Waals surface area contributed by atoms with Gasteiger partial charge in [0.25, 0.3) is 0 Å². The quantitative estimate of drug-likeness (QED) is 0.310. The fourth-order valence-electron chi connectivity index (χ4n) is 3.39. The summed E-state index contributed by atoms with van der Waals surface area (Å²) in [4.78, 5) is 22.0. The van der Waals surface area contributed by atoms with Crippen molar-refractivity contribution in [3.8, 4) is 11.5 Å². The van der Waals surface area contributed by atoms with Crippen molar-refractivity contribution in [2.75, 3.05) is 12.3 Å². The number of sulfonamides is 1. The smallest absolute Gasteiger partial charge is 0.490 e. The summed E-state index contributed by atoms with van der Waals surface area (Å²) in [5, 5.41) is 18.3. The molecule has 10 nitrogen and oxygen atoms in total. The summed E-state index contributed by atoms with van der Waals surface area (Å²) in [6.07, 6.45) is -2.47. The number of alkyl halides is 3. The van der Waals surface area contributed by atoms with Crippen LogP contribution in [0.15, 0.2) is 53.7 Å². The molecule has 39 heavy (non-hydrogen) atoms. The Labute approximate surface area is 228 Å². The van der Waals surface area contributed by atoms with E-state index in [1.165, 1.54) is 53.1 Å². The Bertz CT molecular complexity index is 1260. The second-order valence-electron chi connectivity index (χ2n) is 9.77. The molecule has 0 aliphatic carbocycles. The molecule has 1 aromatic carbocycles. The van der Waals surface area contributed by atoms with E-state index in [0.717, 1.165) is 0 Å². The lowest BCUT2D eigenvalue weighted by Gasteiger charge is -2.44. The molecule has 1 aliphatic heterocycles. The number of halogens is 3. The molecule has 0 amide bonds. The van der Waals surface area contributed by atoms with Gasteiger partial charge in [0, 0.05) is 29.2 Å². The molecule has 1 N–H and O–H groups in total. The number of carbonyl (C=O) groups is 2. The van der Waals surface area contributed by atoms with Crippen molar-refractivity contribution in [3.63, 3.8) is 0 Å². The minimum Gasteiger partial charge on any atom is -0.619 e. The molecule has 3 rings (SSSR count). The molecule has 1 aliphatic rings. The van der Waals surface area contributed by atoms with E-state index >= 15 is 0 Å². The molecule has 0 radical (unpaired) electrons. The van der Waals surface area contributed by atoms with Crippen LogP contribution in [0.4, 0.5) is 13.2 Å². The minimum absolute atomic E-state index is 0.0616. The average molecular weight is 595 g/mol. The maximum Gasteiger partial charge on any atom is 0.490 e. The van der Waals surface area contributed by atoms with Gasteiger partial charge < -0.3 is 19.8 Å². The second kappa shape index (κ2) is 12.0. The van der Waals surface area contributed by atoms with Gasteiger partial charge in [0.15, 0.2) is 12.4 Å². The predicted octanol–water partition coefficient (Wildman–Crippen LogP) is 3.97. The Balaban J connectivity index is 0.000000673. The molecule has 0 bridgehead atoms. The van der Waals surface area contributed by atoms with Crippen LogP contribution in [0.1, 0.15) is 34.6 Å². The average Bonchev–Trinajstić information content (AvgIpc) is 2.78. The fraction of sp³-hybridized carbons (Fsp3) is 0.458. The van der Waals surface area contributed by atoms with Crippen LogP contribution in [0.2, 0.25) is 0 Å². The molecule has 15 heteroatoms.